The molecule has 1 heterocycles. The van der Waals surface area contributed by atoms with Gasteiger partial charge in [0.1, 0.15) is 0 Å². The third-order valence-corrected chi connectivity index (χ3v) is 4.33. The van der Waals surface area contributed by atoms with Crippen LogP contribution in [0.15, 0.2) is 30.3 Å². The molecule has 0 radical (unpaired) electrons. The second-order valence-electron chi connectivity index (χ2n) is 5.84. The molecule has 1 aromatic rings. The van der Waals surface area contributed by atoms with Crippen LogP contribution in [0.5, 0.6) is 0 Å². The molecule has 1 aromatic carbocycles. The molecule has 0 spiro atoms. The summed E-state index contributed by atoms with van der Waals surface area (Å²) in [7, 11) is 3.82. The van der Waals surface area contributed by atoms with E-state index in [4.69, 9.17) is 4.74 Å². The fraction of sp³-hybridized carbons (Fsp3) is 0.647. The van der Waals surface area contributed by atoms with Crippen LogP contribution in [0.4, 0.5) is 0 Å². The van der Waals surface area contributed by atoms with Crippen LogP contribution in [0.25, 0.3) is 0 Å². The van der Waals surface area contributed by atoms with Crippen molar-refractivity contribution in [1.82, 2.24) is 10.2 Å². The lowest BCUT2D eigenvalue weighted by atomic mass is 9.89. The zero-order valence-electron chi connectivity index (χ0n) is 12.8. The van der Waals surface area contributed by atoms with E-state index in [1.807, 2.05) is 7.05 Å². The van der Waals surface area contributed by atoms with Gasteiger partial charge in [-0.15, -0.1) is 0 Å². The normalized spacial score (nSPS) is 19.1. The van der Waals surface area contributed by atoms with Gasteiger partial charge in [-0.25, -0.2) is 0 Å². The number of likely N-dealkylation sites (N-methyl/N-ethyl adjacent to an activating group) is 1. The van der Waals surface area contributed by atoms with Gasteiger partial charge in [-0.05, 0) is 50.9 Å². The van der Waals surface area contributed by atoms with Crippen LogP contribution in [0.2, 0.25) is 0 Å². The van der Waals surface area contributed by atoms with Crippen molar-refractivity contribution in [3.63, 3.8) is 0 Å². The number of hydrogen-bond donors (Lipinski definition) is 1. The van der Waals surface area contributed by atoms with Crippen LogP contribution in [-0.2, 0) is 11.2 Å². The van der Waals surface area contributed by atoms with E-state index in [1.165, 1.54) is 37.9 Å². The molecule has 3 heteroatoms. The van der Waals surface area contributed by atoms with Gasteiger partial charge >= 0.3 is 0 Å². The lowest BCUT2D eigenvalue weighted by Gasteiger charge is -2.37. The Morgan fingerprint density at radius 1 is 1.25 bits per heavy atom. The highest BCUT2D eigenvalue weighted by Gasteiger charge is 2.24. The first-order valence-corrected chi connectivity index (χ1v) is 7.75. The van der Waals surface area contributed by atoms with Gasteiger partial charge in [0, 0.05) is 19.7 Å². The Morgan fingerprint density at radius 2 is 1.95 bits per heavy atom. The SMILES string of the molecule is CNCC(COC)N1CCC(Cc2ccccc2)CC1. The zero-order chi connectivity index (χ0) is 14.2. The first-order valence-electron chi connectivity index (χ1n) is 7.75. The van der Waals surface area contributed by atoms with Crippen molar-refractivity contribution >= 4 is 0 Å². The number of ether oxygens (including phenoxy) is 1. The van der Waals surface area contributed by atoms with E-state index < -0.39 is 0 Å². The largest absolute Gasteiger partial charge is 0.383 e. The van der Waals surface area contributed by atoms with Crippen LogP contribution in [0.1, 0.15) is 18.4 Å². The minimum absolute atomic E-state index is 0.516. The van der Waals surface area contributed by atoms with Crippen LogP contribution in [-0.4, -0.2) is 51.3 Å². The maximum atomic E-state index is 5.35. The second kappa shape index (κ2) is 8.40. The molecule has 0 amide bonds. The monoisotopic (exact) mass is 276 g/mol. The summed E-state index contributed by atoms with van der Waals surface area (Å²) in [5, 5.41) is 3.28. The highest BCUT2D eigenvalue weighted by molar-refractivity contribution is 5.15. The van der Waals surface area contributed by atoms with Gasteiger partial charge < -0.3 is 10.1 Å². The van der Waals surface area contributed by atoms with Gasteiger partial charge in [-0.3, -0.25) is 4.90 Å². The smallest absolute Gasteiger partial charge is 0.0630 e. The van der Waals surface area contributed by atoms with E-state index in [0.717, 1.165) is 19.1 Å². The fourth-order valence-corrected chi connectivity index (χ4v) is 3.19. The summed E-state index contributed by atoms with van der Waals surface area (Å²) in [4.78, 5) is 2.58. The Kier molecular flexibility index (Phi) is 6.51. The van der Waals surface area contributed by atoms with E-state index in [2.05, 4.69) is 40.5 Å². The van der Waals surface area contributed by atoms with Crippen LogP contribution in [0.3, 0.4) is 0 Å². The predicted octanol–water partition coefficient (Wildman–Crippen LogP) is 2.18. The van der Waals surface area contributed by atoms with Gasteiger partial charge in [0.2, 0.25) is 0 Å². The maximum absolute atomic E-state index is 5.35. The summed E-state index contributed by atoms with van der Waals surface area (Å²) < 4.78 is 5.35. The van der Waals surface area contributed by atoms with Crippen molar-refractivity contribution in [2.45, 2.75) is 25.3 Å². The molecule has 3 nitrogen and oxygen atoms in total. The number of rotatable bonds is 7. The molecule has 1 aliphatic heterocycles. The Labute approximate surface area is 123 Å². The van der Waals surface area contributed by atoms with E-state index >= 15 is 0 Å². The quantitative estimate of drug-likeness (QED) is 0.826. The molecule has 2 rings (SSSR count). The molecule has 0 bridgehead atoms. The van der Waals surface area contributed by atoms with Gasteiger partial charge in [0.25, 0.3) is 0 Å². The first kappa shape index (κ1) is 15.5. The standard InChI is InChI=1S/C17H28N2O/c1-18-13-17(14-20-2)19-10-8-16(9-11-19)12-15-6-4-3-5-7-15/h3-7,16-18H,8-14H2,1-2H3. The number of benzene rings is 1. The summed E-state index contributed by atoms with van der Waals surface area (Å²) in [5.74, 6) is 0.839. The number of piperidine rings is 1. The van der Waals surface area contributed by atoms with Gasteiger partial charge in [0.05, 0.1) is 6.61 Å². The van der Waals surface area contributed by atoms with Gasteiger partial charge in [-0.2, -0.15) is 0 Å². The molecule has 1 atom stereocenters. The average molecular weight is 276 g/mol. The molecule has 0 aromatic heterocycles. The Balaban J connectivity index is 1.79. The molecule has 1 unspecified atom stereocenters. The van der Waals surface area contributed by atoms with Crippen molar-refractivity contribution in [2.24, 2.45) is 5.92 Å². The summed E-state index contributed by atoms with van der Waals surface area (Å²) in [6.45, 7) is 4.24. The minimum atomic E-state index is 0.516. The number of likely N-dealkylation sites (tertiary alicyclic amines) is 1. The zero-order valence-corrected chi connectivity index (χ0v) is 12.8. The molecule has 1 aliphatic rings. The number of hydrogen-bond acceptors (Lipinski definition) is 3. The molecule has 20 heavy (non-hydrogen) atoms. The van der Waals surface area contributed by atoms with E-state index in [0.29, 0.717) is 6.04 Å². The molecule has 0 saturated carbocycles. The lowest BCUT2D eigenvalue weighted by molar-refractivity contribution is 0.0654. The van der Waals surface area contributed by atoms with Crippen LogP contribution < -0.4 is 5.32 Å². The molecular weight excluding hydrogens is 248 g/mol. The molecule has 112 valence electrons. The highest BCUT2D eigenvalue weighted by Crippen LogP contribution is 2.22. The fourth-order valence-electron chi connectivity index (χ4n) is 3.19. The summed E-state index contributed by atoms with van der Waals surface area (Å²) in [5.41, 5.74) is 1.48. The second-order valence-corrected chi connectivity index (χ2v) is 5.84. The highest BCUT2D eigenvalue weighted by atomic mass is 16.5. The summed E-state index contributed by atoms with van der Waals surface area (Å²) in [6.07, 6.45) is 3.84. The van der Waals surface area contributed by atoms with E-state index in [9.17, 15) is 0 Å². The maximum Gasteiger partial charge on any atom is 0.0630 e. The molecule has 1 saturated heterocycles. The Hall–Kier alpha value is -0.900. The Bertz CT molecular complexity index is 355. The molecule has 1 N–H and O–H groups in total. The van der Waals surface area contributed by atoms with E-state index in [-0.39, 0.29) is 0 Å². The number of methoxy groups -OCH3 is 1. The van der Waals surface area contributed by atoms with Crippen molar-refractivity contribution in [3.05, 3.63) is 35.9 Å². The van der Waals surface area contributed by atoms with E-state index in [1.54, 1.807) is 7.11 Å². The molecule has 1 fully saturated rings. The summed E-state index contributed by atoms with van der Waals surface area (Å²) in [6, 6.07) is 11.4. The Morgan fingerprint density at radius 3 is 2.55 bits per heavy atom. The van der Waals surface area contributed by atoms with Crippen LogP contribution >= 0.6 is 0 Å². The predicted molar refractivity (Wildman–Crippen MR) is 84.0 cm³/mol. The van der Waals surface area contributed by atoms with Gasteiger partial charge in [-0.1, -0.05) is 30.3 Å². The number of nitrogens with zero attached hydrogens (tertiary/aromatic N) is 1. The van der Waals surface area contributed by atoms with Crippen molar-refractivity contribution in [2.75, 3.05) is 40.4 Å². The first-order chi connectivity index (χ1) is 9.83. The topological polar surface area (TPSA) is 24.5 Å². The van der Waals surface area contributed by atoms with Crippen molar-refractivity contribution in [3.8, 4) is 0 Å². The third-order valence-electron chi connectivity index (χ3n) is 4.33. The van der Waals surface area contributed by atoms with Crippen molar-refractivity contribution in [1.29, 1.82) is 0 Å². The minimum Gasteiger partial charge on any atom is -0.383 e. The van der Waals surface area contributed by atoms with Crippen molar-refractivity contribution < 1.29 is 4.74 Å². The van der Waals surface area contributed by atoms with Gasteiger partial charge in [0.15, 0.2) is 0 Å². The molecule has 0 aliphatic carbocycles. The third kappa shape index (κ3) is 4.58. The average Bonchev–Trinajstić information content (AvgIpc) is 2.49. The lowest BCUT2D eigenvalue weighted by Crippen LogP contribution is -2.48. The summed E-state index contributed by atoms with van der Waals surface area (Å²) >= 11 is 0. The van der Waals surface area contributed by atoms with Crippen LogP contribution in [0, 0.1) is 5.92 Å². The number of nitrogens with one attached hydrogen (secondary N) is 1. The molecular formula is C17H28N2O.